The van der Waals surface area contributed by atoms with Gasteiger partial charge in [0.1, 0.15) is 0 Å². The zero-order chi connectivity index (χ0) is 13.9. The Labute approximate surface area is 112 Å². The van der Waals surface area contributed by atoms with Gasteiger partial charge in [-0.05, 0) is 32.7 Å². The van der Waals surface area contributed by atoms with Crippen LogP contribution >= 0.6 is 0 Å². The van der Waals surface area contributed by atoms with E-state index in [2.05, 4.69) is 5.32 Å². The quantitative estimate of drug-likeness (QED) is 0.805. The first-order valence-electron chi connectivity index (χ1n) is 6.95. The standard InChI is InChI=1S/C13H23F3N2O/c1-18(9-13(14,15)16)8-12(5-2-6-19-10-12)7-17-11-3-4-11/h11,17H,2-10H2,1H3. The van der Waals surface area contributed by atoms with Crippen LogP contribution in [0.25, 0.3) is 0 Å². The van der Waals surface area contributed by atoms with Gasteiger partial charge in [0.15, 0.2) is 0 Å². The van der Waals surface area contributed by atoms with Crippen LogP contribution in [0.5, 0.6) is 0 Å². The summed E-state index contributed by atoms with van der Waals surface area (Å²) in [5.74, 6) is 0. The summed E-state index contributed by atoms with van der Waals surface area (Å²) in [6.07, 6.45) is 0.126. The van der Waals surface area contributed by atoms with Crippen LogP contribution in [0.3, 0.4) is 0 Å². The van der Waals surface area contributed by atoms with E-state index in [1.807, 2.05) is 0 Å². The molecule has 19 heavy (non-hydrogen) atoms. The fourth-order valence-electron chi connectivity index (χ4n) is 2.81. The molecule has 2 aliphatic rings. The Hall–Kier alpha value is -0.330. The van der Waals surface area contributed by atoms with Crippen LogP contribution in [0.2, 0.25) is 0 Å². The molecule has 1 saturated carbocycles. The highest BCUT2D eigenvalue weighted by Gasteiger charge is 2.38. The molecule has 1 atom stereocenters. The van der Waals surface area contributed by atoms with E-state index in [1.54, 1.807) is 7.05 Å². The fraction of sp³-hybridized carbons (Fsp3) is 1.00. The van der Waals surface area contributed by atoms with E-state index in [0.29, 0.717) is 19.2 Å². The van der Waals surface area contributed by atoms with E-state index >= 15 is 0 Å². The maximum Gasteiger partial charge on any atom is 0.401 e. The molecule has 1 aliphatic carbocycles. The lowest BCUT2D eigenvalue weighted by molar-refractivity contribution is -0.148. The van der Waals surface area contributed by atoms with E-state index in [9.17, 15) is 13.2 Å². The molecular weight excluding hydrogens is 257 g/mol. The second kappa shape index (κ2) is 5.97. The lowest BCUT2D eigenvalue weighted by atomic mass is 9.81. The zero-order valence-corrected chi connectivity index (χ0v) is 11.4. The van der Waals surface area contributed by atoms with Crippen molar-refractivity contribution in [3.05, 3.63) is 0 Å². The number of nitrogens with zero attached hydrogens (tertiary/aromatic N) is 1. The predicted molar refractivity (Wildman–Crippen MR) is 67.1 cm³/mol. The molecule has 3 nitrogen and oxygen atoms in total. The molecule has 0 aromatic rings. The average molecular weight is 280 g/mol. The van der Waals surface area contributed by atoms with Crippen molar-refractivity contribution < 1.29 is 17.9 Å². The Morgan fingerprint density at radius 1 is 1.37 bits per heavy atom. The molecular formula is C13H23F3N2O. The third-order valence-electron chi connectivity index (χ3n) is 3.80. The molecule has 0 aromatic carbocycles. The van der Waals surface area contributed by atoms with Crippen LogP contribution in [-0.4, -0.2) is 57.0 Å². The third-order valence-corrected chi connectivity index (χ3v) is 3.80. The first-order valence-corrected chi connectivity index (χ1v) is 6.95. The van der Waals surface area contributed by atoms with Gasteiger partial charge in [0.2, 0.25) is 0 Å². The van der Waals surface area contributed by atoms with Crippen molar-refractivity contribution in [1.29, 1.82) is 0 Å². The molecule has 0 aromatic heterocycles. The Balaban J connectivity index is 1.88. The molecule has 112 valence electrons. The fourth-order valence-corrected chi connectivity index (χ4v) is 2.81. The van der Waals surface area contributed by atoms with Gasteiger partial charge >= 0.3 is 6.18 Å². The lowest BCUT2D eigenvalue weighted by Crippen LogP contribution is -2.50. The molecule has 1 heterocycles. The molecule has 0 bridgehead atoms. The Bertz CT molecular complexity index is 286. The molecule has 1 saturated heterocycles. The minimum Gasteiger partial charge on any atom is -0.381 e. The average Bonchev–Trinajstić information content (AvgIpc) is 3.08. The number of ether oxygens (including phenoxy) is 1. The maximum atomic E-state index is 12.4. The highest BCUT2D eigenvalue weighted by Crippen LogP contribution is 2.31. The van der Waals surface area contributed by atoms with Crippen molar-refractivity contribution >= 4 is 0 Å². The summed E-state index contributed by atoms with van der Waals surface area (Å²) < 4.78 is 42.8. The van der Waals surface area contributed by atoms with Crippen molar-refractivity contribution in [1.82, 2.24) is 10.2 Å². The predicted octanol–water partition coefficient (Wildman–Crippen LogP) is 2.03. The van der Waals surface area contributed by atoms with E-state index in [1.165, 1.54) is 17.7 Å². The van der Waals surface area contributed by atoms with Gasteiger partial charge in [0, 0.05) is 31.2 Å². The molecule has 1 N–H and O–H groups in total. The smallest absolute Gasteiger partial charge is 0.381 e. The number of nitrogens with one attached hydrogen (secondary N) is 1. The summed E-state index contributed by atoms with van der Waals surface area (Å²) in [6.45, 7) is 1.65. The number of hydrogen-bond donors (Lipinski definition) is 1. The van der Waals surface area contributed by atoms with E-state index in [4.69, 9.17) is 4.74 Å². The second-order valence-electron chi connectivity index (χ2n) is 6.10. The van der Waals surface area contributed by atoms with Crippen LogP contribution in [0.15, 0.2) is 0 Å². The molecule has 1 aliphatic heterocycles. The van der Waals surface area contributed by atoms with Gasteiger partial charge in [0.25, 0.3) is 0 Å². The normalized spacial score (nSPS) is 28.9. The monoisotopic (exact) mass is 280 g/mol. The van der Waals surface area contributed by atoms with Gasteiger partial charge in [-0.15, -0.1) is 0 Å². The van der Waals surface area contributed by atoms with Crippen molar-refractivity contribution in [2.75, 3.05) is 39.9 Å². The number of hydrogen-bond acceptors (Lipinski definition) is 3. The van der Waals surface area contributed by atoms with E-state index in [-0.39, 0.29) is 5.41 Å². The van der Waals surface area contributed by atoms with Crippen LogP contribution in [0.4, 0.5) is 13.2 Å². The highest BCUT2D eigenvalue weighted by molar-refractivity contribution is 4.91. The minimum absolute atomic E-state index is 0.166. The maximum absolute atomic E-state index is 12.4. The lowest BCUT2D eigenvalue weighted by Gasteiger charge is -2.40. The summed E-state index contributed by atoms with van der Waals surface area (Å²) in [5, 5.41) is 3.45. The van der Waals surface area contributed by atoms with Crippen molar-refractivity contribution in [3.8, 4) is 0 Å². The Morgan fingerprint density at radius 3 is 2.63 bits per heavy atom. The number of rotatable bonds is 6. The summed E-state index contributed by atoms with van der Waals surface area (Å²) in [6, 6.07) is 0.576. The Kier molecular flexibility index (Phi) is 4.74. The van der Waals surface area contributed by atoms with Gasteiger partial charge in [-0.2, -0.15) is 13.2 Å². The van der Waals surface area contributed by atoms with E-state index in [0.717, 1.165) is 26.0 Å². The van der Waals surface area contributed by atoms with Crippen LogP contribution in [0.1, 0.15) is 25.7 Å². The number of alkyl halides is 3. The van der Waals surface area contributed by atoms with Gasteiger partial charge in [0.05, 0.1) is 13.2 Å². The van der Waals surface area contributed by atoms with Crippen molar-refractivity contribution in [2.45, 2.75) is 37.9 Å². The Morgan fingerprint density at radius 2 is 2.11 bits per heavy atom. The van der Waals surface area contributed by atoms with Crippen LogP contribution < -0.4 is 5.32 Å². The number of halogens is 3. The van der Waals surface area contributed by atoms with Gasteiger partial charge in [-0.1, -0.05) is 0 Å². The first-order chi connectivity index (χ1) is 8.89. The molecule has 1 unspecified atom stereocenters. The largest absolute Gasteiger partial charge is 0.401 e. The third kappa shape index (κ3) is 5.28. The van der Waals surface area contributed by atoms with Gasteiger partial charge in [-0.3, -0.25) is 4.90 Å². The van der Waals surface area contributed by atoms with Gasteiger partial charge < -0.3 is 10.1 Å². The highest BCUT2D eigenvalue weighted by atomic mass is 19.4. The second-order valence-corrected chi connectivity index (χ2v) is 6.10. The van der Waals surface area contributed by atoms with Gasteiger partial charge in [-0.25, -0.2) is 0 Å². The summed E-state index contributed by atoms with van der Waals surface area (Å²) >= 11 is 0. The zero-order valence-electron chi connectivity index (χ0n) is 11.4. The molecule has 0 spiro atoms. The van der Waals surface area contributed by atoms with Crippen molar-refractivity contribution in [2.24, 2.45) is 5.41 Å². The van der Waals surface area contributed by atoms with E-state index < -0.39 is 12.7 Å². The van der Waals surface area contributed by atoms with Crippen LogP contribution in [-0.2, 0) is 4.74 Å². The van der Waals surface area contributed by atoms with Crippen LogP contribution in [0, 0.1) is 5.41 Å². The molecule has 0 radical (unpaired) electrons. The molecule has 6 heteroatoms. The summed E-state index contributed by atoms with van der Waals surface area (Å²) in [5.41, 5.74) is -0.166. The minimum atomic E-state index is -4.13. The summed E-state index contributed by atoms with van der Waals surface area (Å²) in [7, 11) is 1.54. The summed E-state index contributed by atoms with van der Waals surface area (Å²) in [4.78, 5) is 1.38. The molecule has 2 fully saturated rings. The molecule has 0 amide bonds. The molecule has 2 rings (SSSR count). The SMILES string of the molecule is CN(CC(F)(F)F)CC1(CNC2CC2)CCCOC1. The first kappa shape index (κ1) is 15.1. The topological polar surface area (TPSA) is 24.5 Å². The van der Waals surface area contributed by atoms with Crippen molar-refractivity contribution in [3.63, 3.8) is 0 Å².